The summed E-state index contributed by atoms with van der Waals surface area (Å²) in [5.74, 6) is -1.10. The summed E-state index contributed by atoms with van der Waals surface area (Å²) < 4.78 is 16.7. The number of unbranched alkanes of at least 4 members (excludes halogenated alkanes) is 6. The molecule has 1 unspecified atom stereocenters. The standard InChI is InChI=1S/C63H94O6/c1-4-7-10-13-16-19-22-25-27-29-31-33-35-38-41-44-47-50-53-56-62(65)68-59-60(58-67-61(64)55-52-49-46-43-40-37-24-21-18-15-12-9-6-3)69-63(66)57-54-51-48-45-42-39-36-34-32-30-28-26-23-20-17-14-11-8-5-2/h7-12,16-21,25-28,31-34,37-42,46,49,60H,4-6,13-15,22-24,29-30,35-36,43-45,47-48,50-59H2,1-3H3/b10-7-,11-8-,12-9-,19-16-,20-17-,21-18-,27-25-,28-26-,33-31-,34-32-,40-37-,41-38-,42-39-,49-46-. The fraction of sp³-hybridized carbons (Fsp3) is 0.508. The lowest BCUT2D eigenvalue weighted by Crippen LogP contribution is -2.30. The van der Waals surface area contributed by atoms with Gasteiger partial charge in [-0.3, -0.25) is 14.4 Å². The molecule has 0 rings (SSSR count). The highest BCUT2D eigenvalue weighted by molar-refractivity contribution is 5.71. The van der Waals surface area contributed by atoms with E-state index in [4.69, 9.17) is 14.2 Å². The molecule has 0 aliphatic heterocycles. The normalized spacial score (nSPS) is 13.5. The number of carbonyl (C=O) groups excluding carboxylic acids is 3. The highest BCUT2D eigenvalue weighted by Crippen LogP contribution is 2.10. The number of carbonyl (C=O) groups is 3. The van der Waals surface area contributed by atoms with Crippen LogP contribution in [0.4, 0.5) is 0 Å². The second-order valence-electron chi connectivity index (χ2n) is 16.6. The van der Waals surface area contributed by atoms with Crippen molar-refractivity contribution in [3.63, 3.8) is 0 Å². The Labute approximate surface area is 422 Å². The number of allylic oxidation sites excluding steroid dienone is 28. The first kappa shape index (κ1) is 63.8. The van der Waals surface area contributed by atoms with Gasteiger partial charge in [-0.15, -0.1) is 0 Å². The first-order valence-corrected chi connectivity index (χ1v) is 26.6. The highest BCUT2D eigenvalue weighted by atomic mass is 16.6. The zero-order chi connectivity index (χ0) is 50.0. The Morgan fingerprint density at radius 3 is 0.870 bits per heavy atom. The summed E-state index contributed by atoms with van der Waals surface area (Å²) in [5.41, 5.74) is 0. The zero-order valence-electron chi connectivity index (χ0n) is 43.5. The second-order valence-corrected chi connectivity index (χ2v) is 16.6. The summed E-state index contributed by atoms with van der Waals surface area (Å²) in [6, 6.07) is 0. The molecule has 6 heteroatoms. The van der Waals surface area contributed by atoms with Crippen molar-refractivity contribution >= 4 is 17.9 Å². The van der Waals surface area contributed by atoms with E-state index in [1.165, 1.54) is 0 Å². The minimum absolute atomic E-state index is 0.140. The third-order valence-corrected chi connectivity index (χ3v) is 10.2. The van der Waals surface area contributed by atoms with Crippen molar-refractivity contribution in [3.05, 3.63) is 170 Å². The van der Waals surface area contributed by atoms with Crippen molar-refractivity contribution in [2.24, 2.45) is 0 Å². The van der Waals surface area contributed by atoms with Crippen LogP contribution >= 0.6 is 0 Å². The molecular formula is C63H94O6. The van der Waals surface area contributed by atoms with Crippen molar-refractivity contribution < 1.29 is 28.6 Å². The van der Waals surface area contributed by atoms with Crippen LogP contribution in [0.15, 0.2) is 170 Å². The topological polar surface area (TPSA) is 78.9 Å². The quantitative estimate of drug-likeness (QED) is 0.0262. The van der Waals surface area contributed by atoms with E-state index in [0.717, 1.165) is 135 Å². The van der Waals surface area contributed by atoms with Gasteiger partial charge in [0.2, 0.25) is 0 Å². The van der Waals surface area contributed by atoms with Crippen LogP contribution in [-0.2, 0) is 28.6 Å². The third-order valence-electron chi connectivity index (χ3n) is 10.2. The van der Waals surface area contributed by atoms with Gasteiger partial charge in [0.05, 0.1) is 0 Å². The van der Waals surface area contributed by atoms with E-state index in [0.29, 0.717) is 19.3 Å². The van der Waals surface area contributed by atoms with Crippen LogP contribution < -0.4 is 0 Å². The van der Waals surface area contributed by atoms with Crippen molar-refractivity contribution in [1.82, 2.24) is 0 Å². The number of ether oxygens (including phenoxy) is 3. The Morgan fingerprint density at radius 1 is 0.290 bits per heavy atom. The first-order valence-electron chi connectivity index (χ1n) is 26.6. The van der Waals surface area contributed by atoms with Crippen molar-refractivity contribution in [1.29, 1.82) is 0 Å². The van der Waals surface area contributed by atoms with Gasteiger partial charge in [-0.2, -0.15) is 0 Å². The van der Waals surface area contributed by atoms with E-state index in [1.807, 2.05) is 12.2 Å². The van der Waals surface area contributed by atoms with E-state index in [9.17, 15) is 14.4 Å². The van der Waals surface area contributed by atoms with E-state index >= 15 is 0 Å². The fourth-order valence-corrected chi connectivity index (χ4v) is 6.33. The predicted molar refractivity (Wildman–Crippen MR) is 297 cm³/mol. The Balaban J connectivity index is 4.62. The molecule has 0 heterocycles. The van der Waals surface area contributed by atoms with Gasteiger partial charge in [0.15, 0.2) is 6.10 Å². The molecule has 6 nitrogen and oxygen atoms in total. The van der Waals surface area contributed by atoms with Crippen LogP contribution in [0.2, 0.25) is 0 Å². The summed E-state index contributed by atoms with van der Waals surface area (Å²) in [6.45, 7) is 6.14. The molecule has 0 aromatic carbocycles. The molecule has 0 radical (unpaired) electrons. The molecule has 0 aliphatic rings. The molecule has 0 saturated carbocycles. The molecule has 1 atom stereocenters. The van der Waals surface area contributed by atoms with Crippen LogP contribution in [0.25, 0.3) is 0 Å². The molecule has 382 valence electrons. The molecule has 0 fully saturated rings. The number of hydrogen-bond acceptors (Lipinski definition) is 6. The smallest absolute Gasteiger partial charge is 0.306 e. The minimum Gasteiger partial charge on any atom is -0.462 e. The Morgan fingerprint density at radius 2 is 0.551 bits per heavy atom. The maximum Gasteiger partial charge on any atom is 0.306 e. The van der Waals surface area contributed by atoms with Crippen molar-refractivity contribution in [2.45, 2.75) is 194 Å². The van der Waals surface area contributed by atoms with E-state index < -0.39 is 6.10 Å². The van der Waals surface area contributed by atoms with Gasteiger partial charge in [0.25, 0.3) is 0 Å². The van der Waals surface area contributed by atoms with Gasteiger partial charge in [-0.05, 0) is 135 Å². The predicted octanol–water partition coefficient (Wildman–Crippen LogP) is 18.0. The summed E-state index contributed by atoms with van der Waals surface area (Å²) in [6.07, 6.45) is 82.1. The zero-order valence-corrected chi connectivity index (χ0v) is 43.5. The summed E-state index contributed by atoms with van der Waals surface area (Å²) in [5, 5.41) is 0. The van der Waals surface area contributed by atoms with Gasteiger partial charge < -0.3 is 14.2 Å². The van der Waals surface area contributed by atoms with Gasteiger partial charge in [0.1, 0.15) is 13.2 Å². The van der Waals surface area contributed by atoms with Crippen LogP contribution in [0.3, 0.4) is 0 Å². The van der Waals surface area contributed by atoms with Crippen LogP contribution in [0.1, 0.15) is 188 Å². The van der Waals surface area contributed by atoms with Gasteiger partial charge in [0, 0.05) is 19.3 Å². The number of hydrogen-bond donors (Lipinski definition) is 0. The molecule has 69 heavy (non-hydrogen) atoms. The minimum atomic E-state index is -0.848. The average Bonchev–Trinajstić information content (AvgIpc) is 3.35. The summed E-state index contributed by atoms with van der Waals surface area (Å²) in [7, 11) is 0. The number of rotatable bonds is 45. The SMILES string of the molecule is CC/C=C\C/C=C\C/C=C\C/C=C\C/C=C\CCCCCC(=O)OCC(COC(=O)CC/C=C\C/C=C\C/C=C\C/C=C\CC)OC(=O)CCCCC/C=C\C/C=C\C/C=C\C/C=C\C/C=C\CC. The molecule has 0 aromatic heterocycles. The Hall–Kier alpha value is -5.23. The van der Waals surface area contributed by atoms with Crippen molar-refractivity contribution in [3.8, 4) is 0 Å². The molecule has 0 amide bonds. The van der Waals surface area contributed by atoms with Crippen LogP contribution in [0, 0.1) is 0 Å². The lowest BCUT2D eigenvalue weighted by atomic mass is 10.1. The third kappa shape index (κ3) is 53.6. The average molecular weight is 947 g/mol. The molecule has 0 aromatic rings. The van der Waals surface area contributed by atoms with Gasteiger partial charge in [-0.1, -0.05) is 204 Å². The maximum absolute atomic E-state index is 12.8. The van der Waals surface area contributed by atoms with Gasteiger partial charge >= 0.3 is 17.9 Å². The molecule has 0 spiro atoms. The summed E-state index contributed by atoms with van der Waals surface area (Å²) >= 11 is 0. The van der Waals surface area contributed by atoms with Crippen LogP contribution in [0.5, 0.6) is 0 Å². The first-order chi connectivity index (χ1) is 34.0. The van der Waals surface area contributed by atoms with E-state index in [1.54, 1.807) is 0 Å². The van der Waals surface area contributed by atoms with Gasteiger partial charge in [-0.25, -0.2) is 0 Å². The van der Waals surface area contributed by atoms with E-state index in [2.05, 4.69) is 179 Å². The lowest BCUT2D eigenvalue weighted by molar-refractivity contribution is -0.166. The fourth-order valence-electron chi connectivity index (χ4n) is 6.33. The maximum atomic E-state index is 12.8. The second kappa shape index (κ2) is 55.4. The number of esters is 3. The molecule has 0 bridgehead atoms. The van der Waals surface area contributed by atoms with E-state index in [-0.39, 0.29) is 44.0 Å². The highest BCUT2D eigenvalue weighted by Gasteiger charge is 2.19. The summed E-state index contributed by atoms with van der Waals surface area (Å²) in [4.78, 5) is 38.0. The lowest BCUT2D eigenvalue weighted by Gasteiger charge is -2.18. The monoisotopic (exact) mass is 947 g/mol. The Kier molecular flexibility index (Phi) is 51.2. The molecule has 0 N–H and O–H groups in total. The molecule has 0 aliphatic carbocycles. The Bertz CT molecular complexity index is 1650. The van der Waals surface area contributed by atoms with Crippen LogP contribution in [-0.4, -0.2) is 37.2 Å². The largest absolute Gasteiger partial charge is 0.462 e. The molecule has 0 saturated heterocycles. The molecular weight excluding hydrogens is 853 g/mol. The van der Waals surface area contributed by atoms with Crippen molar-refractivity contribution in [2.75, 3.05) is 13.2 Å².